The van der Waals surface area contributed by atoms with Crippen molar-refractivity contribution in [1.82, 2.24) is 9.55 Å². The number of para-hydroxylation sites is 2. The molecule has 0 bridgehead atoms. The molecule has 2 heterocycles. The molecule has 2 aromatic heterocycles. The summed E-state index contributed by atoms with van der Waals surface area (Å²) in [6.45, 7) is 2.14. The van der Waals surface area contributed by atoms with Crippen molar-refractivity contribution in [3.8, 4) is 17.1 Å². The fourth-order valence-corrected chi connectivity index (χ4v) is 4.26. The molecule has 4 rings (SSSR count). The molecule has 172 valence electrons. The van der Waals surface area contributed by atoms with Crippen LogP contribution in [0, 0.1) is 0 Å². The predicted molar refractivity (Wildman–Crippen MR) is 128 cm³/mol. The quantitative estimate of drug-likeness (QED) is 0.341. The summed E-state index contributed by atoms with van der Waals surface area (Å²) in [6.07, 6.45) is 4.75. The van der Waals surface area contributed by atoms with E-state index >= 15 is 0 Å². The summed E-state index contributed by atoms with van der Waals surface area (Å²) in [5.41, 5.74) is 2.55. The van der Waals surface area contributed by atoms with E-state index in [0.717, 1.165) is 36.7 Å². The summed E-state index contributed by atoms with van der Waals surface area (Å²) >= 11 is 0. The Morgan fingerprint density at radius 3 is 2.64 bits per heavy atom. The van der Waals surface area contributed by atoms with Gasteiger partial charge in [0, 0.05) is 19.5 Å². The van der Waals surface area contributed by atoms with Gasteiger partial charge in [-0.05, 0) is 36.6 Å². The molecule has 0 aliphatic rings. The van der Waals surface area contributed by atoms with Gasteiger partial charge in [-0.15, -0.1) is 0 Å². The minimum absolute atomic E-state index is 0.0403. The first-order chi connectivity index (χ1) is 15.9. The van der Waals surface area contributed by atoms with E-state index in [1.54, 1.807) is 6.07 Å². The molecular weight excluding hydrogens is 420 g/mol. The molecule has 2 aromatic carbocycles. The molecule has 7 heteroatoms. The van der Waals surface area contributed by atoms with E-state index in [4.69, 9.17) is 4.42 Å². The van der Waals surface area contributed by atoms with Crippen molar-refractivity contribution in [1.29, 1.82) is 0 Å². The number of hydrogen-bond donors (Lipinski definition) is 2. The largest absolute Gasteiger partial charge is 0.508 e. The Hall–Kier alpha value is -3.61. The Balaban J connectivity index is 1.90. The van der Waals surface area contributed by atoms with Gasteiger partial charge < -0.3 is 19.2 Å². The summed E-state index contributed by atoms with van der Waals surface area (Å²) < 4.78 is 7.85. The first-order valence-electron chi connectivity index (χ1n) is 11.4. The summed E-state index contributed by atoms with van der Waals surface area (Å²) in [4.78, 5) is 29.6. The van der Waals surface area contributed by atoms with Crippen LogP contribution in [0.3, 0.4) is 0 Å². The van der Waals surface area contributed by atoms with E-state index in [-0.39, 0.29) is 40.9 Å². The Bertz CT molecular complexity index is 1380. The van der Waals surface area contributed by atoms with Gasteiger partial charge in [-0.1, -0.05) is 38.3 Å². The molecule has 0 amide bonds. The second-order valence-corrected chi connectivity index (χ2v) is 8.39. The maximum atomic E-state index is 13.7. The van der Waals surface area contributed by atoms with E-state index < -0.39 is 5.97 Å². The third kappa shape index (κ3) is 4.49. The fraction of sp³-hybridized carbons (Fsp3) is 0.346. The number of phenols is 1. The minimum Gasteiger partial charge on any atom is -0.508 e. The molecule has 0 radical (unpaired) electrons. The van der Waals surface area contributed by atoms with Crippen molar-refractivity contribution in [3.05, 3.63) is 57.9 Å². The van der Waals surface area contributed by atoms with Crippen LogP contribution < -0.4 is 5.43 Å². The Labute approximate surface area is 191 Å². The summed E-state index contributed by atoms with van der Waals surface area (Å²) in [5, 5.41) is 20.1. The molecule has 0 unspecified atom stereocenters. The van der Waals surface area contributed by atoms with Gasteiger partial charge in [0.05, 0.1) is 22.8 Å². The van der Waals surface area contributed by atoms with Crippen LogP contribution in [0.4, 0.5) is 0 Å². The van der Waals surface area contributed by atoms with E-state index in [0.29, 0.717) is 23.2 Å². The van der Waals surface area contributed by atoms with Crippen LogP contribution in [-0.2, 0) is 24.7 Å². The number of aromatic nitrogens is 2. The van der Waals surface area contributed by atoms with Gasteiger partial charge in [-0.2, -0.15) is 0 Å². The van der Waals surface area contributed by atoms with Gasteiger partial charge in [-0.25, -0.2) is 4.98 Å². The number of aryl methyl sites for hydroxylation is 3. The maximum absolute atomic E-state index is 13.7. The molecule has 2 N–H and O–H groups in total. The van der Waals surface area contributed by atoms with Crippen molar-refractivity contribution >= 4 is 28.0 Å². The summed E-state index contributed by atoms with van der Waals surface area (Å²) in [5.74, 6) is -0.214. The second kappa shape index (κ2) is 9.48. The van der Waals surface area contributed by atoms with Crippen LogP contribution in [0.25, 0.3) is 33.4 Å². The van der Waals surface area contributed by atoms with Crippen molar-refractivity contribution in [2.45, 2.75) is 51.9 Å². The van der Waals surface area contributed by atoms with E-state index in [1.807, 2.05) is 35.9 Å². The van der Waals surface area contributed by atoms with Gasteiger partial charge in [0.1, 0.15) is 28.5 Å². The van der Waals surface area contributed by atoms with Crippen LogP contribution in [-0.4, -0.2) is 25.7 Å². The highest BCUT2D eigenvalue weighted by Crippen LogP contribution is 2.31. The van der Waals surface area contributed by atoms with E-state index in [1.165, 1.54) is 6.07 Å². The average Bonchev–Trinajstić information content (AvgIpc) is 3.12. The maximum Gasteiger partial charge on any atom is 0.303 e. The van der Waals surface area contributed by atoms with Crippen molar-refractivity contribution in [2.24, 2.45) is 7.05 Å². The number of benzene rings is 2. The zero-order valence-corrected chi connectivity index (χ0v) is 18.9. The minimum atomic E-state index is -0.987. The topological polar surface area (TPSA) is 106 Å². The number of aliphatic carboxylic acids is 1. The molecule has 0 atom stereocenters. The predicted octanol–water partition coefficient (Wildman–Crippen LogP) is 5.19. The number of rotatable bonds is 9. The lowest BCUT2D eigenvalue weighted by molar-refractivity contribution is -0.137. The highest BCUT2D eigenvalue weighted by Gasteiger charge is 2.23. The number of carbonyl (C=O) groups is 1. The molecular formula is C26H28N2O5. The molecule has 0 aliphatic carbocycles. The van der Waals surface area contributed by atoms with Gasteiger partial charge >= 0.3 is 5.97 Å². The number of hydrogen-bond acceptors (Lipinski definition) is 5. The van der Waals surface area contributed by atoms with Crippen molar-refractivity contribution in [3.63, 3.8) is 0 Å². The molecule has 0 saturated carbocycles. The van der Waals surface area contributed by atoms with Crippen LogP contribution in [0.5, 0.6) is 5.75 Å². The van der Waals surface area contributed by atoms with Gasteiger partial charge in [0.2, 0.25) is 5.43 Å². The number of phenolic OH excluding ortho intramolecular Hbond substituents is 1. The highest BCUT2D eigenvalue weighted by atomic mass is 16.4. The summed E-state index contributed by atoms with van der Waals surface area (Å²) in [6, 6.07) is 10.7. The molecule has 0 saturated heterocycles. The smallest absolute Gasteiger partial charge is 0.303 e. The number of carboxylic acid groups (broad SMARTS) is 1. The first kappa shape index (κ1) is 22.6. The first-order valence-corrected chi connectivity index (χ1v) is 11.4. The molecule has 7 nitrogen and oxygen atoms in total. The molecule has 0 aliphatic heterocycles. The standard InChI is InChI=1S/C26H28N2O5/c1-3-4-5-6-9-16-14-17-22(15-20(16)29)33-21(12-13-23(30)31)24(25(17)32)26-27-18-10-7-8-11-19(18)28(26)2/h7-8,10-11,14-15,29H,3-6,9,12-13H2,1-2H3,(H,30,31). The zero-order chi connectivity index (χ0) is 23.5. The Morgan fingerprint density at radius 2 is 1.91 bits per heavy atom. The van der Waals surface area contributed by atoms with Crippen LogP contribution in [0.15, 0.2) is 45.6 Å². The highest BCUT2D eigenvalue weighted by molar-refractivity contribution is 5.86. The van der Waals surface area contributed by atoms with E-state index in [9.17, 15) is 19.8 Å². The fourth-order valence-electron chi connectivity index (χ4n) is 4.26. The number of nitrogens with zero attached hydrogens (tertiary/aromatic N) is 2. The lowest BCUT2D eigenvalue weighted by Crippen LogP contribution is -2.13. The summed E-state index contributed by atoms with van der Waals surface area (Å²) in [7, 11) is 1.82. The third-order valence-electron chi connectivity index (χ3n) is 6.04. The number of aromatic hydroxyl groups is 1. The van der Waals surface area contributed by atoms with Crippen molar-refractivity contribution in [2.75, 3.05) is 0 Å². The number of carboxylic acids is 1. The van der Waals surface area contributed by atoms with Gasteiger partial charge in [0.15, 0.2) is 0 Å². The molecule has 4 aromatic rings. The monoisotopic (exact) mass is 448 g/mol. The van der Waals surface area contributed by atoms with Crippen LogP contribution in [0.2, 0.25) is 0 Å². The van der Waals surface area contributed by atoms with Gasteiger partial charge in [-0.3, -0.25) is 9.59 Å². The Morgan fingerprint density at radius 1 is 1.12 bits per heavy atom. The second-order valence-electron chi connectivity index (χ2n) is 8.39. The molecule has 33 heavy (non-hydrogen) atoms. The lowest BCUT2D eigenvalue weighted by atomic mass is 10.0. The third-order valence-corrected chi connectivity index (χ3v) is 6.04. The molecule has 0 spiro atoms. The van der Waals surface area contributed by atoms with Crippen molar-refractivity contribution < 1.29 is 19.4 Å². The van der Waals surface area contributed by atoms with Gasteiger partial charge in [0.25, 0.3) is 0 Å². The lowest BCUT2D eigenvalue weighted by Gasteiger charge is -2.12. The SMILES string of the molecule is CCCCCCc1cc2c(=O)c(-c3nc4ccccc4n3C)c(CCC(=O)O)oc2cc1O. The average molecular weight is 449 g/mol. The zero-order valence-electron chi connectivity index (χ0n) is 18.9. The van der Waals surface area contributed by atoms with Crippen LogP contribution >= 0.6 is 0 Å². The normalized spacial score (nSPS) is 11.5. The van der Waals surface area contributed by atoms with Crippen LogP contribution in [0.1, 0.15) is 50.4 Å². The van der Waals surface area contributed by atoms with E-state index in [2.05, 4.69) is 11.9 Å². The number of fused-ring (bicyclic) bond motifs is 2. The number of unbranched alkanes of at least 4 members (excludes halogenated alkanes) is 3. The number of imidazole rings is 1. The Kier molecular flexibility index (Phi) is 6.49. The molecule has 0 fully saturated rings.